The number of esters is 3. The molecule has 0 amide bonds. The van der Waals surface area contributed by atoms with Crippen LogP contribution in [0.3, 0.4) is 0 Å². The summed E-state index contributed by atoms with van der Waals surface area (Å²) in [6.07, 6.45) is 64.2. The minimum atomic E-state index is -0.798. The van der Waals surface area contributed by atoms with Gasteiger partial charge >= 0.3 is 17.9 Å². The molecule has 62 heavy (non-hydrogen) atoms. The number of hydrogen-bond acceptors (Lipinski definition) is 6. The zero-order valence-corrected chi connectivity index (χ0v) is 40.4. The summed E-state index contributed by atoms with van der Waals surface area (Å²) in [6, 6.07) is 0. The van der Waals surface area contributed by atoms with E-state index in [1.165, 1.54) is 103 Å². The molecule has 0 radical (unpaired) electrons. The summed E-state index contributed by atoms with van der Waals surface area (Å²) < 4.78 is 16.7. The van der Waals surface area contributed by atoms with Gasteiger partial charge in [0.2, 0.25) is 0 Å². The van der Waals surface area contributed by atoms with E-state index in [-0.39, 0.29) is 31.1 Å². The molecule has 0 fully saturated rings. The molecule has 0 heterocycles. The van der Waals surface area contributed by atoms with Crippen molar-refractivity contribution in [3.63, 3.8) is 0 Å². The van der Waals surface area contributed by atoms with Crippen LogP contribution >= 0.6 is 0 Å². The zero-order chi connectivity index (χ0) is 45.1. The van der Waals surface area contributed by atoms with Gasteiger partial charge in [0, 0.05) is 19.3 Å². The van der Waals surface area contributed by atoms with Gasteiger partial charge in [-0.15, -0.1) is 0 Å². The second-order valence-corrected chi connectivity index (χ2v) is 16.8. The Hall–Kier alpha value is -3.41. The molecule has 1 unspecified atom stereocenters. The largest absolute Gasteiger partial charge is 0.462 e. The molecule has 0 aliphatic rings. The van der Waals surface area contributed by atoms with Gasteiger partial charge in [0.1, 0.15) is 13.2 Å². The van der Waals surface area contributed by atoms with E-state index in [0.717, 1.165) is 89.9 Å². The number of unbranched alkanes of at least 4 members (excludes halogenated alkanes) is 23. The zero-order valence-electron chi connectivity index (χ0n) is 40.4. The molecule has 0 N–H and O–H groups in total. The van der Waals surface area contributed by atoms with E-state index in [1.807, 2.05) is 36.5 Å². The van der Waals surface area contributed by atoms with Crippen molar-refractivity contribution in [2.24, 2.45) is 0 Å². The van der Waals surface area contributed by atoms with Crippen LogP contribution in [0, 0.1) is 0 Å². The van der Waals surface area contributed by atoms with E-state index in [2.05, 4.69) is 69.4 Å². The number of ether oxygens (including phenoxy) is 3. The van der Waals surface area contributed by atoms with Crippen LogP contribution in [0.15, 0.2) is 85.1 Å². The monoisotopic (exact) mass is 863 g/mol. The quantitative estimate of drug-likeness (QED) is 0.0199. The molecule has 0 bridgehead atoms. The lowest BCUT2D eigenvalue weighted by Crippen LogP contribution is -2.30. The standard InChI is InChI=1S/C56H94O6/c1-4-7-10-13-16-19-22-25-27-28-29-32-34-37-40-43-46-49-55(58)61-52-53(51-60-54(57)48-45-42-39-36-33-30-24-21-18-15-12-9-6-3)62-56(59)50-47-44-41-38-35-31-26-23-20-17-14-11-8-5-2/h8-9,11-12,15,17-18,20-21,24-25,27,30,33,53H,4-7,10,13-14,16,19,22-23,26,28-29,31-32,34-52H2,1-3H3/b11-8+,12-9+,18-15+,20-17+,24-21+,27-25+,33-30+. The molecule has 0 aliphatic heterocycles. The predicted octanol–water partition coefficient (Wildman–Crippen LogP) is 16.8. The third-order valence-corrected chi connectivity index (χ3v) is 10.7. The third kappa shape index (κ3) is 47.6. The van der Waals surface area contributed by atoms with Crippen molar-refractivity contribution < 1.29 is 28.6 Å². The highest BCUT2D eigenvalue weighted by molar-refractivity contribution is 5.71. The molecule has 6 nitrogen and oxygen atoms in total. The van der Waals surface area contributed by atoms with Gasteiger partial charge in [0.25, 0.3) is 0 Å². The first-order chi connectivity index (χ1) is 30.5. The van der Waals surface area contributed by atoms with E-state index in [9.17, 15) is 14.4 Å². The van der Waals surface area contributed by atoms with Crippen LogP contribution in [0.2, 0.25) is 0 Å². The van der Waals surface area contributed by atoms with Crippen molar-refractivity contribution >= 4 is 17.9 Å². The summed E-state index contributed by atoms with van der Waals surface area (Å²) in [5, 5.41) is 0. The lowest BCUT2D eigenvalue weighted by atomic mass is 10.1. The Balaban J connectivity index is 4.44. The van der Waals surface area contributed by atoms with Gasteiger partial charge in [-0.3, -0.25) is 14.4 Å². The fourth-order valence-electron chi connectivity index (χ4n) is 6.90. The highest BCUT2D eigenvalue weighted by Gasteiger charge is 2.19. The van der Waals surface area contributed by atoms with E-state index >= 15 is 0 Å². The minimum absolute atomic E-state index is 0.0953. The predicted molar refractivity (Wildman–Crippen MR) is 265 cm³/mol. The molecule has 0 aromatic heterocycles. The smallest absolute Gasteiger partial charge is 0.306 e. The lowest BCUT2D eigenvalue weighted by Gasteiger charge is -2.18. The second-order valence-electron chi connectivity index (χ2n) is 16.8. The summed E-state index contributed by atoms with van der Waals surface area (Å²) in [4.78, 5) is 38.0. The van der Waals surface area contributed by atoms with Crippen LogP contribution in [-0.4, -0.2) is 37.2 Å². The van der Waals surface area contributed by atoms with Gasteiger partial charge in [0.05, 0.1) is 0 Å². The molecule has 0 aromatic carbocycles. The van der Waals surface area contributed by atoms with Crippen molar-refractivity contribution in [3.8, 4) is 0 Å². The summed E-state index contributed by atoms with van der Waals surface area (Å²) in [6.45, 7) is 6.34. The van der Waals surface area contributed by atoms with Crippen LogP contribution in [0.5, 0.6) is 0 Å². The van der Waals surface area contributed by atoms with Crippen LogP contribution in [0.1, 0.15) is 233 Å². The molecule has 1 atom stereocenters. The SMILES string of the molecule is CC/C=C/C=C/C=C/C=C/CCCCCC(=O)OCC(COC(=O)CCCCCCCCC/C=C/CCCCCCCC)OC(=O)CCCCCCCCC/C=C/C/C=C/CC. The number of carbonyl (C=O) groups is 3. The number of allylic oxidation sites excluding steroid dienone is 14. The molecule has 0 aliphatic carbocycles. The van der Waals surface area contributed by atoms with E-state index in [1.54, 1.807) is 0 Å². The lowest BCUT2D eigenvalue weighted by molar-refractivity contribution is -0.167. The van der Waals surface area contributed by atoms with Crippen molar-refractivity contribution in [2.45, 2.75) is 239 Å². The number of rotatable bonds is 45. The Labute approximate surface area is 382 Å². The number of carbonyl (C=O) groups excluding carboxylic acids is 3. The molecular formula is C56H94O6. The van der Waals surface area contributed by atoms with Crippen molar-refractivity contribution in [2.75, 3.05) is 13.2 Å². The minimum Gasteiger partial charge on any atom is -0.462 e. The first kappa shape index (κ1) is 58.6. The van der Waals surface area contributed by atoms with Gasteiger partial charge < -0.3 is 14.2 Å². The van der Waals surface area contributed by atoms with Gasteiger partial charge in [-0.25, -0.2) is 0 Å². The molecule has 0 saturated heterocycles. The Bertz CT molecular complexity index is 1220. The maximum Gasteiger partial charge on any atom is 0.306 e. The van der Waals surface area contributed by atoms with Gasteiger partial charge in [-0.05, 0) is 89.9 Å². The first-order valence-corrected chi connectivity index (χ1v) is 25.6. The molecule has 6 heteroatoms. The molecule has 0 rings (SSSR count). The van der Waals surface area contributed by atoms with Crippen LogP contribution in [-0.2, 0) is 28.6 Å². The number of hydrogen-bond donors (Lipinski definition) is 0. The van der Waals surface area contributed by atoms with E-state index in [4.69, 9.17) is 14.2 Å². The normalized spacial score (nSPS) is 12.8. The Morgan fingerprint density at radius 3 is 1.19 bits per heavy atom. The maximum atomic E-state index is 12.8. The van der Waals surface area contributed by atoms with E-state index < -0.39 is 6.10 Å². The van der Waals surface area contributed by atoms with Crippen molar-refractivity contribution in [3.05, 3.63) is 85.1 Å². The average molecular weight is 863 g/mol. The topological polar surface area (TPSA) is 78.9 Å². The summed E-state index contributed by atoms with van der Waals surface area (Å²) >= 11 is 0. The van der Waals surface area contributed by atoms with Gasteiger partial charge in [0.15, 0.2) is 6.10 Å². The van der Waals surface area contributed by atoms with E-state index in [0.29, 0.717) is 19.3 Å². The fourth-order valence-corrected chi connectivity index (χ4v) is 6.90. The maximum absolute atomic E-state index is 12.8. The molecule has 354 valence electrons. The van der Waals surface area contributed by atoms with Crippen molar-refractivity contribution in [1.82, 2.24) is 0 Å². The van der Waals surface area contributed by atoms with Crippen LogP contribution < -0.4 is 0 Å². The Kier molecular flexibility index (Phi) is 47.5. The van der Waals surface area contributed by atoms with Crippen LogP contribution in [0.4, 0.5) is 0 Å². The summed E-state index contributed by atoms with van der Waals surface area (Å²) in [7, 11) is 0. The molecule has 0 aromatic rings. The van der Waals surface area contributed by atoms with Gasteiger partial charge in [-0.2, -0.15) is 0 Å². The Morgan fingerprint density at radius 2 is 0.710 bits per heavy atom. The summed E-state index contributed by atoms with van der Waals surface area (Å²) in [5.74, 6) is -0.950. The third-order valence-electron chi connectivity index (χ3n) is 10.7. The van der Waals surface area contributed by atoms with Gasteiger partial charge in [-0.1, -0.05) is 209 Å². The Morgan fingerprint density at radius 1 is 0.355 bits per heavy atom. The summed E-state index contributed by atoms with van der Waals surface area (Å²) in [5.41, 5.74) is 0. The average Bonchev–Trinajstić information content (AvgIpc) is 3.27. The molecule has 0 spiro atoms. The molecule has 0 saturated carbocycles. The molecular weight excluding hydrogens is 769 g/mol. The fraction of sp³-hybridized carbons (Fsp3) is 0.696. The van der Waals surface area contributed by atoms with Crippen molar-refractivity contribution in [1.29, 1.82) is 0 Å². The first-order valence-electron chi connectivity index (χ1n) is 25.6. The van der Waals surface area contributed by atoms with Crippen LogP contribution in [0.25, 0.3) is 0 Å². The highest BCUT2D eigenvalue weighted by Crippen LogP contribution is 2.14. The second kappa shape index (κ2) is 50.2. The highest BCUT2D eigenvalue weighted by atomic mass is 16.6.